The van der Waals surface area contributed by atoms with Crippen molar-refractivity contribution >= 4 is 62.0 Å². The molecule has 0 radical (unpaired) electrons. The maximum Gasteiger partial charge on any atom is 0.339 e. The lowest BCUT2D eigenvalue weighted by atomic mass is 10.1. The number of benzene rings is 4. The first-order valence-corrected chi connectivity index (χ1v) is 15.3. The molecule has 0 aliphatic carbocycles. The lowest BCUT2D eigenvalue weighted by molar-refractivity contribution is 0.476. The maximum absolute atomic E-state index is 13.1. The van der Waals surface area contributed by atoms with Crippen molar-refractivity contribution in [2.75, 3.05) is 0 Å². The Morgan fingerprint density at radius 1 is 0.514 bits per heavy atom. The zero-order chi connectivity index (χ0) is 27.6. The predicted octanol–water partition coefficient (Wildman–Crippen LogP) is 2.21. The van der Waals surface area contributed by atoms with Gasteiger partial charge in [0.1, 0.15) is 20.4 Å². The molecule has 0 heterocycles. The molecular weight excluding hydrogens is 576 g/mol. The maximum atomic E-state index is 13.1. The molecule has 4 N–H and O–H groups in total. The first kappa shape index (κ1) is 26.7. The van der Waals surface area contributed by atoms with Gasteiger partial charge in [-0.1, -0.05) is 6.07 Å². The minimum absolute atomic E-state index is 0.116. The number of rotatable bonds is 6. The van der Waals surface area contributed by atoms with E-state index in [0.717, 1.165) is 60.7 Å². The second-order valence-electron chi connectivity index (χ2n) is 7.52. The number of aromatic hydroxyl groups is 1. The van der Waals surface area contributed by atoms with Crippen LogP contribution in [0, 0.1) is 0 Å². The van der Waals surface area contributed by atoms with Crippen LogP contribution in [0.5, 0.6) is 11.5 Å². The van der Waals surface area contributed by atoms with Gasteiger partial charge in [0.05, 0.1) is 4.90 Å². The summed E-state index contributed by atoms with van der Waals surface area (Å²) in [6.45, 7) is 0. The molecule has 0 saturated heterocycles. The fraction of sp³-hybridized carbons (Fsp3) is 0. The van der Waals surface area contributed by atoms with Crippen LogP contribution in [0.1, 0.15) is 0 Å². The number of fused-ring (bicyclic) bond motifs is 2. The Hall–Kier alpha value is -3.32. The molecule has 0 bridgehead atoms. The van der Waals surface area contributed by atoms with Gasteiger partial charge in [0.2, 0.25) is 0 Å². The fourth-order valence-electron chi connectivity index (χ4n) is 3.56. The van der Waals surface area contributed by atoms with Gasteiger partial charge in [-0.3, -0.25) is 13.7 Å². The van der Waals surface area contributed by atoms with Crippen molar-refractivity contribution in [2.45, 2.75) is 19.6 Å². The highest BCUT2D eigenvalue weighted by Gasteiger charge is 2.25. The van der Waals surface area contributed by atoms with Gasteiger partial charge in [-0.05, 0) is 54.6 Å². The Labute approximate surface area is 209 Å². The molecule has 17 heteroatoms. The van der Waals surface area contributed by atoms with E-state index in [-0.39, 0.29) is 16.2 Å². The predicted molar refractivity (Wildman–Crippen MR) is 127 cm³/mol. The third kappa shape index (κ3) is 5.10. The van der Waals surface area contributed by atoms with Crippen molar-refractivity contribution in [3.8, 4) is 11.5 Å². The summed E-state index contributed by atoms with van der Waals surface area (Å²) in [5.74, 6) is -1.03. The molecule has 0 amide bonds. The molecule has 37 heavy (non-hydrogen) atoms. The molecule has 0 fully saturated rings. The van der Waals surface area contributed by atoms with Gasteiger partial charge in [-0.15, -0.1) is 0 Å². The fourth-order valence-corrected chi connectivity index (χ4v) is 6.43. The topological polar surface area (TPSA) is 227 Å². The zero-order valence-electron chi connectivity index (χ0n) is 17.9. The third-order valence-electron chi connectivity index (χ3n) is 5.17. The van der Waals surface area contributed by atoms with Crippen LogP contribution in [0.15, 0.2) is 80.2 Å². The lowest BCUT2D eigenvalue weighted by Gasteiger charge is -2.13. The molecule has 0 aliphatic heterocycles. The minimum Gasteiger partial charge on any atom is -0.507 e. The molecule has 0 aliphatic rings. The molecule has 0 atom stereocenters. The summed E-state index contributed by atoms with van der Waals surface area (Å²) in [5, 5.41) is 8.73. The zero-order valence-corrected chi connectivity index (χ0v) is 21.1. The normalized spacial score (nSPS) is 13.2. The van der Waals surface area contributed by atoms with E-state index < -0.39 is 76.9 Å². The third-order valence-corrected chi connectivity index (χ3v) is 9.08. The summed E-state index contributed by atoms with van der Waals surface area (Å²) in [7, 11) is -19.4. The number of hydrogen-bond donors (Lipinski definition) is 4. The van der Waals surface area contributed by atoms with Gasteiger partial charge >= 0.3 is 10.1 Å². The Bertz CT molecular complexity index is 2050. The average molecular weight is 591 g/mol. The van der Waals surface area contributed by atoms with Crippen LogP contribution in [-0.2, 0) is 40.5 Å². The molecule has 4 aromatic rings. The van der Waals surface area contributed by atoms with Crippen molar-refractivity contribution in [1.29, 1.82) is 0 Å². The molecule has 13 nitrogen and oxygen atoms in total. The van der Waals surface area contributed by atoms with Crippen LogP contribution in [0.3, 0.4) is 0 Å². The highest BCUT2D eigenvalue weighted by atomic mass is 32.2. The second-order valence-corrected chi connectivity index (χ2v) is 13.3. The molecule has 0 saturated carbocycles. The van der Waals surface area contributed by atoms with Crippen LogP contribution in [0.4, 0.5) is 0 Å². The van der Waals surface area contributed by atoms with E-state index in [1.165, 1.54) is 0 Å². The number of phenolic OH excluding ortho intramolecular Hbond substituents is 1. The first-order chi connectivity index (χ1) is 16.9. The van der Waals surface area contributed by atoms with Gasteiger partial charge in [0.25, 0.3) is 30.4 Å². The molecular formula is C20H14O13S4. The lowest BCUT2D eigenvalue weighted by Crippen LogP contribution is -2.11. The van der Waals surface area contributed by atoms with E-state index in [0.29, 0.717) is 0 Å². The average Bonchev–Trinajstić information content (AvgIpc) is 2.76. The van der Waals surface area contributed by atoms with Crippen molar-refractivity contribution in [3.63, 3.8) is 0 Å². The minimum atomic E-state index is -4.86. The van der Waals surface area contributed by atoms with Crippen LogP contribution in [-0.4, -0.2) is 52.4 Å². The van der Waals surface area contributed by atoms with E-state index in [9.17, 15) is 52.4 Å². The molecule has 4 aromatic carbocycles. The van der Waals surface area contributed by atoms with E-state index in [1.54, 1.807) is 0 Å². The summed E-state index contributed by atoms with van der Waals surface area (Å²) in [6.07, 6.45) is 0. The SMILES string of the molecule is O=S(=O)(O)c1ccc2c(S(=O)(=O)O)ccc(OS(=O)(=O)c3ccc4c(O)ccc(S(=O)(=O)O)c4c3)c2c1. The van der Waals surface area contributed by atoms with Gasteiger partial charge in [0, 0.05) is 21.5 Å². The van der Waals surface area contributed by atoms with Crippen molar-refractivity contribution < 1.29 is 56.6 Å². The van der Waals surface area contributed by atoms with Crippen molar-refractivity contribution in [2.24, 2.45) is 0 Å². The number of phenols is 1. The van der Waals surface area contributed by atoms with E-state index in [1.807, 2.05) is 0 Å². The van der Waals surface area contributed by atoms with Crippen LogP contribution in [0.2, 0.25) is 0 Å². The summed E-state index contributed by atoms with van der Waals surface area (Å²) >= 11 is 0. The van der Waals surface area contributed by atoms with Crippen LogP contribution < -0.4 is 4.18 Å². The van der Waals surface area contributed by atoms with Gasteiger partial charge in [-0.2, -0.15) is 33.7 Å². The Morgan fingerprint density at radius 2 is 1.03 bits per heavy atom. The smallest absolute Gasteiger partial charge is 0.339 e. The van der Waals surface area contributed by atoms with E-state index in [4.69, 9.17) is 4.18 Å². The standard InChI is InChI=1S/C20H14O13S4/c21-17-5-7-20(36(28,29)30)16-10-12(2-3-13(16)17)37(31,32)33-18-6-8-19(35(25,26)27)14-4-1-11(9-15(14)18)34(22,23)24/h1-10,21H,(H,22,23,24)(H,25,26,27)(H,28,29,30). The molecule has 0 aromatic heterocycles. The molecule has 0 unspecified atom stereocenters. The van der Waals surface area contributed by atoms with E-state index in [2.05, 4.69) is 0 Å². The Kier molecular flexibility index (Phi) is 6.23. The summed E-state index contributed by atoms with van der Waals surface area (Å²) < 4.78 is 130. The summed E-state index contributed by atoms with van der Waals surface area (Å²) in [6, 6.07) is 8.67. The Balaban J connectivity index is 1.94. The number of hydrogen-bond acceptors (Lipinski definition) is 10. The second kappa shape index (κ2) is 8.62. The van der Waals surface area contributed by atoms with Crippen LogP contribution in [0.25, 0.3) is 21.5 Å². The molecule has 0 spiro atoms. The Morgan fingerprint density at radius 3 is 1.62 bits per heavy atom. The van der Waals surface area contributed by atoms with Gasteiger partial charge in [0.15, 0.2) is 5.75 Å². The monoisotopic (exact) mass is 590 g/mol. The summed E-state index contributed by atoms with van der Waals surface area (Å²) in [5.41, 5.74) is 0. The van der Waals surface area contributed by atoms with Crippen LogP contribution >= 0.6 is 0 Å². The first-order valence-electron chi connectivity index (χ1n) is 9.59. The van der Waals surface area contributed by atoms with Gasteiger partial charge < -0.3 is 9.29 Å². The molecule has 196 valence electrons. The van der Waals surface area contributed by atoms with E-state index >= 15 is 0 Å². The van der Waals surface area contributed by atoms with Crippen molar-refractivity contribution in [3.05, 3.63) is 60.7 Å². The van der Waals surface area contributed by atoms with Gasteiger partial charge in [-0.25, -0.2) is 0 Å². The molecule has 4 rings (SSSR count). The van der Waals surface area contributed by atoms with Crippen molar-refractivity contribution in [1.82, 2.24) is 0 Å². The summed E-state index contributed by atoms with van der Waals surface area (Å²) in [4.78, 5) is -2.83. The largest absolute Gasteiger partial charge is 0.507 e. The highest BCUT2D eigenvalue weighted by molar-refractivity contribution is 7.87. The highest BCUT2D eigenvalue weighted by Crippen LogP contribution is 2.36. The quantitative estimate of drug-likeness (QED) is 0.187.